The van der Waals surface area contributed by atoms with Crippen molar-refractivity contribution in [2.75, 3.05) is 0 Å². The second-order valence-corrected chi connectivity index (χ2v) is 11.3. The summed E-state index contributed by atoms with van der Waals surface area (Å²) in [5.41, 5.74) is 2.85. The van der Waals surface area contributed by atoms with Gasteiger partial charge < -0.3 is 9.55 Å². The molecule has 9 nitrogen and oxygen atoms in total. The Hall–Kier alpha value is -4.78. The molecule has 1 saturated carbocycles. The van der Waals surface area contributed by atoms with Crippen LogP contribution in [-0.2, 0) is 6.18 Å². The van der Waals surface area contributed by atoms with Gasteiger partial charge in [-0.05, 0) is 55.2 Å². The van der Waals surface area contributed by atoms with Crippen LogP contribution in [0.5, 0.6) is 0 Å². The van der Waals surface area contributed by atoms with Gasteiger partial charge in [0.05, 0.1) is 29.1 Å². The van der Waals surface area contributed by atoms with Gasteiger partial charge in [0.15, 0.2) is 5.69 Å². The first kappa shape index (κ1) is 25.9. The van der Waals surface area contributed by atoms with Crippen molar-refractivity contribution < 1.29 is 17.6 Å². The van der Waals surface area contributed by atoms with Gasteiger partial charge in [0.1, 0.15) is 5.82 Å². The van der Waals surface area contributed by atoms with E-state index in [1.165, 1.54) is 18.2 Å². The number of imidazole rings is 1. The van der Waals surface area contributed by atoms with Crippen LogP contribution in [0, 0.1) is 18.8 Å². The number of nitrogens with zero attached hydrogens (tertiary/aromatic N) is 6. The van der Waals surface area contributed by atoms with Gasteiger partial charge in [0.2, 0.25) is 5.95 Å². The van der Waals surface area contributed by atoms with Crippen LogP contribution in [-0.4, -0.2) is 39.7 Å². The molecule has 0 saturated heterocycles. The fourth-order valence-corrected chi connectivity index (χ4v) is 6.39. The van der Waals surface area contributed by atoms with E-state index in [0.29, 0.717) is 33.2 Å². The van der Waals surface area contributed by atoms with Crippen LogP contribution < -0.4 is 5.56 Å². The fourth-order valence-electron chi connectivity index (χ4n) is 6.22. The van der Waals surface area contributed by atoms with Crippen molar-refractivity contribution in [3.8, 4) is 28.2 Å². The second kappa shape index (κ2) is 8.86. The highest BCUT2D eigenvalue weighted by Crippen LogP contribution is 2.61. The Balaban J connectivity index is 1.20. The van der Waals surface area contributed by atoms with E-state index in [9.17, 15) is 18.0 Å². The highest BCUT2D eigenvalue weighted by molar-refractivity contribution is 6.31. The number of fused-ring (bicyclic) bond motifs is 4. The predicted molar refractivity (Wildman–Crippen MR) is 148 cm³/mol. The molecule has 2 N–H and O–H groups in total. The minimum atomic E-state index is -4.67. The molecule has 216 valence electrons. The third-order valence-electron chi connectivity index (χ3n) is 8.30. The molecule has 0 radical (unpaired) electrons. The molecule has 1 aliphatic heterocycles. The number of nitrogens with one attached hydrogen (secondary N) is 2. The SMILES string of the molecule is Cc1[nH]nc2cc(-c3nc(F)c(C4C5CC5c5cc(-c6cc(Cl)ccc6-n6cc(C(F)(F)F)nn6)cc(=O)n54)[nH]3)ccc12. The quantitative estimate of drug-likeness (QED) is 0.233. The molecule has 6 aromatic rings. The Morgan fingerprint density at radius 2 is 1.91 bits per heavy atom. The van der Waals surface area contributed by atoms with Gasteiger partial charge >= 0.3 is 6.18 Å². The molecule has 0 bridgehead atoms. The smallest absolute Gasteiger partial charge is 0.338 e. The van der Waals surface area contributed by atoms with Crippen molar-refractivity contribution in [2.45, 2.75) is 31.5 Å². The van der Waals surface area contributed by atoms with Crippen LogP contribution in [0.25, 0.3) is 39.1 Å². The van der Waals surface area contributed by atoms with E-state index in [1.807, 2.05) is 31.2 Å². The number of pyridine rings is 1. The molecular weight excluding hydrogens is 588 g/mol. The van der Waals surface area contributed by atoms with Gasteiger partial charge in [0, 0.05) is 44.9 Å². The molecule has 3 atom stereocenters. The first-order valence-electron chi connectivity index (χ1n) is 13.3. The highest BCUT2D eigenvalue weighted by Gasteiger charge is 2.54. The topological polar surface area (TPSA) is 110 Å². The van der Waals surface area contributed by atoms with E-state index in [1.54, 1.807) is 10.6 Å². The number of hydrogen-bond acceptors (Lipinski definition) is 5. The minimum Gasteiger partial charge on any atom is -0.338 e. The molecule has 1 fully saturated rings. The summed E-state index contributed by atoms with van der Waals surface area (Å²) in [6.45, 7) is 1.91. The lowest BCUT2D eigenvalue weighted by molar-refractivity contribution is -0.141. The lowest BCUT2D eigenvalue weighted by atomic mass is 10.0. The summed E-state index contributed by atoms with van der Waals surface area (Å²) < 4.78 is 57.6. The summed E-state index contributed by atoms with van der Waals surface area (Å²) in [4.78, 5) is 20.9. The van der Waals surface area contributed by atoms with Crippen molar-refractivity contribution >= 4 is 22.5 Å². The summed E-state index contributed by atoms with van der Waals surface area (Å²) in [5, 5.41) is 15.4. The lowest BCUT2D eigenvalue weighted by Gasteiger charge is -2.18. The van der Waals surface area contributed by atoms with Crippen molar-refractivity contribution in [2.24, 2.45) is 5.92 Å². The van der Waals surface area contributed by atoms with Crippen LogP contribution in [0.2, 0.25) is 5.02 Å². The zero-order valence-corrected chi connectivity index (χ0v) is 22.9. The van der Waals surface area contributed by atoms with Crippen LogP contribution in [0.15, 0.2) is 59.5 Å². The average molecular weight is 607 g/mol. The van der Waals surface area contributed by atoms with Gasteiger partial charge in [-0.25, -0.2) is 9.67 Å². The number of alkyl halides is 3. The van der Waals surface area contributed by atoms with Gasteiger partial charge in [-0.3, -0.25) is 9.89 Å². The summed E-state index contributed by atoms with van der Waals surface area (Å²) in [7, 11) is 0. The number of aromatic nitrogens is 8. The monoisotopic (exact) mass is 606 g/mol. The first-order valence-corrected chi connectivity index (χ1v) is 13.7. The maximum absolute atomic E-state index is 15.4. The van der Waals surface area contributed by atoms with Crippen molar-refractivity contribution in [1.29, 1.82) is 0 Å². The standard InChI is InChI=1S/C29H19ClF4N8O/c1-12-16-4-2-13(6-20(16)38-37-12)28-35-25(27(31)36-28)26-19-10-18(19)22-7-14(8-24(43)42(22)26)17-9-15(30)3-5-21(17)41-11-23(39-40-41)29(32,33)34/h2-9,11,18-19,26H,10H2,1H3,(H,35,36)(H,37,38). The molecule has 5 heterocycles. The van der Waals surface area contributed by atoms with Gasteiger partial charge in [0.25, 0.3) is 5.56 Å². The maximum atomic E-state index is 15.4. The van der Waals surface area contributed by atoms with E-state index >= 15 is 4.39 Å². The minimum absolute atomic E-state index is 0.00860. The predicted octanol–water partition coefficient (Wildman–Crippen LogP) is 6.19. The molecule has 43 heavy (non-hydrogen) atoms. The molecule has 2 aliphatic rings. The molecule has 4 aromatic heterocycles. The number of rotatable bonds is 4. The number of H-pyrrole nitrogens is 2. The zero-order chi connectivity index (χ0) is 29.8. The number of aryl methyl sites for hydroxylation is 1. The van der Waals surface area contributed by atoms with E-state index in [2.05, 4.69) is 30.5 Å². The normalized spacial score (nSPS) is 19.2. The van der Waals surface area contributed by atoms with Crippen molar-refractivity contribution in [1.82, 2.24) is 39.7 Å². The molecular formula is C29H19ClF4N8O. The average Bonchev–Trinajstić information content (AvgIpc) is 3.30. The number of benzene rings is 2. The van der Waals surface area contributed by atoms with E-state index < -0.39 is 23.9 Å². The van der Waals surface area contributed by atoms with E-state index in [4.69, 9.17) is 11.6 Å². The number of halogens is 5. The Morgan fingerprint density at radius 3 is 2.70 bits per heavy atom. The zero-order valence-electron chi connectivity index (χ0n) is 22.1. The second-order valence-electron chi connectivity index (χ2n) is 10.9. The van der Waals surface area contributed by atoms with Gasteiger partial charge in [-0.15, -0.1) is 5.10 Å². The molecule has 0 spiro atoms. The van der Waals surface area contributed by atoms with Crippen LogP contribution >= 0.6 is 11.6 Å². The number of hydrogen-bond donors (Lipinski definition) is 2. The van der Waals surface area contributed by atoms with Crippen LogP contribution in [0.1, 0.15) is 41.2 Å². The van der Waals surface area contributed by atoms with Crippen LogP contribution in [0.4, 0.5) is 17.6 Å². The third kappa shape index (κ3) is 4.02. The highest BCUT2D eigenvalue weighted by atomic mass is 35.5. The maximum Gasteiger partial charge on any atom is 0.436 e. The molecule has 8 rings (SSSR count). The van der Waals surface area contributed by atoms with E-state index in [-0.39, 0.29) is 28.8 Å². The largest absolute Gasteiger partial charge is 0.436 e. The molecule has 1 aliphatic carbocycles. The molecule has 2 aromatic carbocycles. The fraction of sp³-hybridized carbons (Fsp3) is 0.207. The molecule has 14 heteroatoms. The third-order valence-corrected chi connectivity index (χ3v) is 8.54. The van der Waals surface area contributed by atoms with E-state index in [0.717, 1.165) is 33.9 Å². The Kier molecular flexibility index (Phi) is 5.34. The first-order chi connectivity index (χ1) is 20.6. The van der Waals surface area contributed by atoms with Gasteiger partial charge in [-0.2, -0.15) is 22.7 Å². The molecule has 0 amide bonds. The Bertz CT molecular complexity index is 2160. The molecule has 3 unspecified atom stereocenters. The lowest BCUT2D eigenvalue weighted by Crippen LogP contribution is -2.26. The summed E-state index contributed by atoms with van der Waals surface area (Å²) in [5.74, 6) is -0.347. The summed E-state index contributed by atoms with van der Waals surface area (Å²) >= 11 is 6.27. The summed E-state index contributed by atoms with van der Waals surface area (Å²) in [6, 6.07) is 12.8. The van der Waals surface area contributed by atoms with Gasteiger partial charge in [-0.1, -0.05) is 28.9 Å². The Morgan fingerprint density at radius 1 is 1.07 bits per heavy atom. The van der Waals surface area contributed by atoms with Crippen LogP contribution in [0.3, 0.4) is 0 Å². The summed E-state index contributed by atoms with van der Waals surface area (Å²) in [6.07, 6.45) is -3.14. The van der Waals surface area contributed by atoms with Crippen molar-refractivity contribution in [3.63, 3.8) is 0 Å². The van der Waals surface area contributed by atoms with Crippen molar-refractivity contribution in [3.05, 3.63) is 98.8 Å². The Labute approximate surface area is 244 Å². The number of aromatic amines is 2.